The number of nitrogens with zero attached hydrogens (tertiary/aromatic N) is 1. The van der Waals surface area contributed by atoms with Crippen LogP contribution in [0.15, 0.2) is 66.7 Å². The molecule has 5 heteroatoms. The second kappa shape index (κ2) is 8.05. The van der Waals surface area contributed by atoms with Crippen molar-refractivity contribution in [2.45, 2.75) is 6.42 Å². The highest BCUT2D eigenvalue weighted by Gasteiger charge is 2.12. The fourth-order valence-electron chi connectivity index (χ4n) is 2.47. The zero-order valence-electron chi connectivity index (χ0n) is 13.6. The molecular formula is C21H13Cl2NO2. The van der Waals surface area contributed by atoms with Gasteiger partial charge in [0.1, 0.15) is 5.75 Å². The Bertz CT molecular complexity index is 954. The minimum Gasteiger partial charge on any atom is -0.426 e. The Balaban J connectivity index is 1.69. The van der Waals surface area contributed by atoms with Crippen LogP contribution in [0.3, 0.4) is 0 Å². The number of benzene rings is 3. The van der Waals surface area contributed by atoms with E-state index in [1.807, 2.05) is 24.3 Å². The van der Waals surface area contributed by atoms with Crippen molar-refractivity contribution in [3.8, 4) is 22.9 Å². The van der Waals surface area contributed by atoms with Gasteiger partial charge in [0.25, 0.3) is 0 Å². The maximum Gasteiger partial charge on any atom is 0.315 e. The molecule has 128 valence electrons. The molecule has 0 aromatic heterocycles. The summed E-state index contributed by atoms with van der Waals surface area (Å²) in [5.74, 6) is 0.00157. The van der Waals surface area contributed by atoms with Gasteiger partial charge in [-0.1, -0.05) is 53.5 Å². The average Bonchev–Trinajstić information content (AvgIpc) is 2.66. The third-order valence-corrected chi connectivity index (χ3v) is 4.52. The zero-order valence-corrected chi connectivity index (χ0v) is 15.1. The molecule has 0 fully saturated rings. The van der Waals surface area contributed by atoms with Gasteiger partial charge in [0.05, 0.1) is 18.1 Å². The van der Waals surface area contributed by atoms with E-state index in [0.29, 0.717) is 26.9 Å². The molecule has 0 amide bonds. The summed E-state index contributed by atoms with van der Waals surface area (Å²) in [5, 5.41) is 9.72. The number of esters is 1. The lowest BCUT2D eigenvalue weighted by molar-refractivity contribution is -0.133. The summed E-state index contributed by atoms with van der Waals surface area (Å²) in [5.41, 5.74) is 3.10. The lowest BCUT2D eigenvalue weighted by Crippen LogP contribution is -2.11. The number of nitriles is 1. The first kappa shape index (κ1) is 18.0. The van der Waals surface area contributed by atoms with Gasteiger partial charge in [0.2, 0.25) is 0 Å². The number of hydrogen-bond donors (Lipinski definition) is 0. The first-order chi connectivity index (χ1) is 12.6. The number of carbonyl (C=O) groups excluding carboxylic acids is 1. The van der Waals surface area contributed by atoms with E-state index in [1.165, 1.54) is 0 Å². The monoisotopic (exact) mass is 381 g/mol. The van der Waals surface area contributed by atoms with E-state index >= 15 is 0 Å². The fourth-order valence-corrected chi connectivity index (χ4v) is 3.00. The van der Waals surface area contributed by atoms with Crippen LogP contribution in [0.5, 0.6) is 5.75 Å². The van der Waals surface area contributed by atoms with Gasteiger partial charge in [-0.2, -0.15) is 5.26 Å². The predicted octanol–water partition coefficient (Wildman–Crippen LogP) is 5.68. The van der Waals surface area contributed by atoms with E-state index in [0.717, 1.165) is 11.1 Å². The van der Waals surface area contributed by atoms with Crippen molar-refractivity contribution in [3.63, 3.8) is 0 Å². The molecule has 0 aliphatic rings. The van der Waals surface area contributed by atoms with Gasteiger partial charge >= 0.3 is 5.97 Å². The van der Waals surface area contributed by atoms with Crippen LogP contribution < -0.4 is 4.74 Å². The fraction of sp³-hybridized carbons (Fsp3) is 0.0476. The lowest BCUT2D eigenvalue weighted by Gasteiger charge is -2.08. The summed E-state index contributed by atoms with van der Waals surface area (Å²) in [6, 6.07) is 21.6. The van der Waals surface area contributed by atoms with E-state index in [-0.39, 0.29) is 6.42 Å². The van der Waals surface area contributed by atoms with E-state index in [4.69, 9.17) is 33.2 Å². The molecule has 0 heterocycles. The van der Waals surface area contributed by atoms with Gasteiger partial charge < -0.3 is 4.74 Å². The molecule has 0 N–H and O–H groups in total. The Kier molecular flexibility index (Phi) is 5.58. The van der Waals surface area contributed by atoms with Crippen LogP contribution in [0, 0.1) is 11.3 Å². The Morgan fingerprint density at radius 3 is 1.96 bits per heavy atom. The van der Waals surface area contributed by atoms with Crippen molar-refractivity contribution in [1.82, 2.24) is 0 Å². The molecule has 0 unspecified atom stereocenters. The van der Waals surface area contributed by atoms with Crippen LogP contribution in [0.25, 0.3) is 11.1 Å². The summed E-state index contributed by atoms with van der Waals surface area (Å²) in [4.78, 5) is 12.1. The molecular weight excluding hydrogens is 369 g/mol. The van der Waals surface area contributed by atoms with Gasteiger partial charge in [-0.3, -0.25) is 4.79 Å². The molecule has 0 aliphatic carbocycles. The Morgan fingerprint density at radius 2 is 1.42 bits per heavy atom. The van der Waals surface area contributed by atoms with Crippen molar-refractivity contribution in [2.75, 3.05) is 0 Å². The quantitative estimate of drug-likeness (QED) is 0.431. The van der Waals surface area contributed by atoms with Crippen LogP contribution in [-0.2, 0) is 11.2 Å². The van der Waals surface area contributed by atoms with Crippen molar-refractivity contribution in [2.24, 2.45) is 0 Å². The van der Waals surface area contributed by atoms with Gasteiger partial charge in [-0.25, -0.2) is 0 Å². The van der Waals surface area contributed by atoms with Crippen LogP contribution in [0.4, 0.5) is 0 Å². The Morgan fingerprint density at radius 1 is 0.885 bits per heavy atom. The molecule has 0 spiro atoms. The van der Waals surface area contributed by atoms with E-state index in [1.54, 1.807) is 42.5 Å². The van der Waals surface area contributed by atoms with Crippen LogP contribution >= 0.6 is 23.2 Å². The van der Waals surface area contributed by atoms with Crippen molar-refractivity contribution >= 4 is 29.2 Å². The number of hydrogen-bond acceptors (Lipinski definition) is 3. The SMILES string of the molecule is N#Cc1ccc(-c2ccc(OC(=O)Cc3c(Cl)cccc3Cl)cc2)cc1. The first-order valence-corrected chi connectivity index (χ1v) is 8.56. The molecule has 0 saturated heterocycles. The van der Waals surface area contributed by atoms with E-state index in [2.05, 4.69) is 6.07 Å². The second-order valence-corrected chi connectivity index (χ2v) is 6.38. The van der Waals surface area contributed by atoms with E-state index in [9.17, 15) is 4.79 Å². The maximum atomic E-state index is 12.1. The Hall–Kier alpha value is -2.80. The molecule has 0 bridgehead atoms. The van der Waals surface area contributed by atoms with Crippen LogP contribution in [0.1, 0.15) is 11.1 Å². The summed E-state index contributed by atoms with van der Waals surface area (Å²) in [6.45, 7) is 0. The summed E-state index contributed by atoms with van der Waals surface area (Å²) in [7, 11) is 0. The molecule has 0 atom stereocenters. The highest BCUT2D eigenvalue weighted by atomic mass is 35.5. The summed E-state index contributed by atoms with van der Waals surface area (Å²) < 4.78 is 5.36. The number of carbonyl (C=O) groups is 1. The first-order valence-electron chi connectivity index (χ1n) is 7.81. The standard InChI is InChI=1S/C21H13Cl2NO2/c22-19-2-1-3-20(23)18(19)12-21(25)26-17-10-8-16(9-11-17)15-6-4-14(13-24)5-7-15/h1-11H,12H2. The van der Waals surface area contributed by atoms with Gasteiger partial charge in [-0.15, -0.1) is 0 Å². The van der Waals surface area contributed by atoms with Crippen molar-refractivity contribution in [3.05, 3.63) is 87.9 Å². The molecule has 3 aromatic carbocycles. The maximum absolute atomic E-state index is 12.1. The van der Waals surface area contributed by atoms with Crippen molar-refractivity contribution in [1.29, 1.82) is 5.26 Å². The predicted molar refractivity (Wildman–Crippen MR) is 102 cm³/mol. The highest BCUT2D eigenvalue weighted by molar-refractivity contribution is 6.36. The topological polar surface area (TPSA) is 50.1 Å². The van der Waals surface area contributed by atoms with Gasteiger partial charge in [0, 0.05) is 15.6 Å². The lowest BCUT2D eigenvalue weighted by atomic mass is 10.0. The number of rotatable bonds is 4. The smallest absolute Gasteiger partial charge is 0.315 e. The van der Waals surface area contributed by atoms with Crippen molar-refractivity contribution < 1.29 is 9.53 Å². The minimum absolute atomic E-state index is 0.00409. The molecule has 3 aromatic rings. The minimum atomic E-state index is -0.439. The molecule has 0 saturated carbocycles. The number of halogens is 2. The highest BCUT2D eigenvalue weighted by Crippen LogP contribution is 2.26. The number of ether oxygens (including phenoxy) is 1. The Labute approximate surface area is 161 Å². The molecule has 0 aliphatic heterocycles. The second-order valence-electron chi connectivity index (χ2n) is 5.56. The largest absolute Gasteiger partial charge is 0.426 e. The van der Waals surface area contributed by atoms with Gasteiger partial charge in [0.15, 0.2) is 0 Å². The third kappa shape index (κ3) is 4.23. The van der Waals surface area contributed by atoms with Crippen LogP contribution in [0.2, 0.25) is 10.0 Å². The normalized spacial score (nSPS) is 10.2. The van der Waals surface area contributed by atoms with E-state index < -0.39 is 5.97 Å². The molecule has 3 nitrogen and oxygen atoms in total. The molecule has 26 heavy (non-hydrogen) atoms. The average molecular weight is 382 g/mol. The van der Waals surface area contributed by atoms with Gasteiger partial charge in [-0.05, 0) is 47.5 Å². The zero-order chi connectivity index (χ0) is 18.5. The molecule has 3 rings (SSSR count). The molecule has 0 radical (unpaired) electrons. The summed E-state index contributed by atoms with van der Waals surface area (Å²) >= 11 is 12.1. The third-order valence-electron chi connectivity index (χ3n) is 3.82. The van der Waals surface area contributed by atoms with Crippen LogP contribution in [-0.4, -0.2) is 5.97 Å². The summed E-state index contributed by atoms with van der Waals surface area (Å²) in [6.07, 6.45) is -0.00409.